The zero-order chi connectivity index (χ0) is 39.6. The van der Waals surface area contributed by atoms with Crippen LogP contribution in [0.5, 0.6) is 0 Å². The molecule has 0 saturated heterocycles. The molecule has 2 aliphatic heterocycles. The van der Waals surface area contributed by atoms with Crippen molar-refractivity contribution in [3.63, 3.8) is 0 Å². The van der Waals surface area contributed by atoms with E-state index in [4.69, 9.17) is 0 Å². The van der Waals surface area contributed by atoms with Crippen molar-refractivity contribution >= 4 is 75.4 Å². The lowest BCUT2D eigenvalue weighted by molar-refractivity contribution is 0.590. The Morgan fingerprint density at radius 1 is 0.421 bits per heavy atom. The summed E-state index contributed by atoms with van der Waals surface area (Å²) in [5.74, 6) is 0. The van der Waals surface area contributed by atoms with Crippen LogP contribution in [-0.4, -0.2) is 13.4 Å². The smallest absolute Gasteiger partial charge is 0.246 e. The van der Waals surface area contributed by atoms with Gasteiger partial charge in [0.1, 0.15) is 0 Å². The van der Waals surface area contributed by atoms with Crippen LogP contribution in [-0.2, 0) is 10.8 Å². The van der Waals surface area contributed by atoms with Crippen LogP contribution >= 0.6 is 0 Å². The number of hydrogen-bond donors (Lipinski definition) is 0. The zero-order valence-corrected chi connectivity index (χ0v) is 34.1. The van der Waals surface area contributed by atoms with Crippen molar-refractivity contribution in [1.29, 1.82) is 0 Å². The Morgan fingerprint density at radius 3 is 1.33 bits per heavy atom. The Kier molecular flexibility index (Phi) is 8.89. The molecule has 0 atom stereocenters. The van der Waals surface area contributed by atoms with Crippen molar-refractivity contribution < 1.29 is 0 Å². The van der Waals surface area contributed by atoms with Gasteiger partial charge < -0.3 is 4.90 Å². The number of rotatable bonds is 6. The Labute approximate surface area is 340 Å². The van der Waals surface area contributed by atoms with Crippen LogP contribution in [0.2, 0.25) is 0 Å². The van der Waals surface area contributed by atoms with E-state index >= 15 is 0 Å². The van der Waals surface area contributed by atoms with Crippen LogP contribution in [0.4, 0.5) is 17.1 Å². The van der Waals surface area contributed by atoms with E-state index in [1.165, 1.54) is 83.2 Å². The SMILES string of the molecule is C=Cc1ccc(-c2cc3c4c(c2)B(c2ccc(C(C)(C)C)cc2)c2ccc(-c5ccc(C=C)cc5)cc2N4c2ccccc2B3c2ccc(C(C)(C)C)cc2)cc1. The van der Waals surface area contributed by atoms with Gasteiger partial charge in [0, 0.05) is 17.1 Å². The van der Waals surface area contributed by atoms with Crippen molar-refractivity contribution in [2.24, 2.45) is 0 Å². The summed E-state index contributed by atoms with van der Waals surface area (Å²) in [6, 6.07) is 57.7. The third kappa shape index (κ3) is 6.40. The highest BCUT2D eigenvalue weighted by Gasteiger charge is 2.44. The number of fused-ring (bicyclic) bond motifs is 4. The summed E-state index contributed by atoms with van der Waals surface area (Å²) in [6.45, 7) is 21.9. The van der Waals surface area contributed by atoms with E-state index in [0.717, 1.165) is 11.1 Å². The average molecular weight is 734 g/mol. The highest BCUT2D eigenvalue weighted by molar-refractivity contribution is 7.02. The molecule has 0 aromatic heterocycles. The van der Waals surface area contributed by atoms with Gasteiger partial charge in [-0.15, -0.1) is 0 Å². The van der Waals surface area contributed by atoms with Gasteiger partial charge in [-0.2, -0.15) is 0 Å². The lowest BCUT2D eigenvalue weighted by Gasteiger charge is -2.44. The van der Waals surface area contributed by atoms with E-state index in [1.54, 1.807) is 0 Å². The Balaban J connectivity index is 1.35. The molecule has 2 aliphatic rings. The summed E-state index contributed by atoms with van der Waals surface area (Å²) in [6.07, 6.45) is 3.83. The molecule has 0 unspecified atom stereocenters. The van der Waals surface area contributed by atoms with Gasteiger partial charge in [-0.1, -0.05) is 217 Å². The molecule has 0 bridgehead atoms. The third-order valence-corrected chi connectivity index (χ3v) is 12.3. The standard InChI is InChI=1S/C54H49B2N/c1-9-36-15-19-38(20-16-36)40-23-32-47-51(35-40)57-50-14-12-11-13-46(50)55(44-28-24-42(25-29-44)53(3,4)5)48-33-41(39-21-17-37(10-2)18-22-39)34-49(52(48)57)56(47)45-30-26-43(27-31-45)54(6,7)8/h9-35H,1-2H2,3-8H3. The van der Waals surface area contributed by atoms with E-state index in [0.29, 0.717) is 0 Å². The minimum absolute atomic E-state index is 0.0257. The summed E-state index contributed by atoms with van der Waals surface area (Å²) >= 11 is 0. The van der Waals surface area contributed by atoms with Gasteiger partial charge in [0.15, 0.2) is 0 Å². The third-order valence-electron chi connectivity index (χ3n) is 12.3. The molecule has 0 aliphatic carbocycles. The fourth-order valence-electron chi connectivity index (χ4n) is 9.04. The fraction of sp³-hybridized carbons (Fsp3) is 0.148. The molecule has 0 saturated carbocycles. The second-order valence-corrected chi connectivity index (χ2v) is 17.9. The van der Waals surface area contributed by atoms with Crippen LogP contribution in [0.15, 0.2) is 165 Å². The summed E-state index contributed by atoms with van der Waals surface area (Å²) in [7, 11) is 0. The molecule has 3 heteroatoms. The summed E-state index contributed by atoms with van der Waals surface area (Å²) < 4.78 is 0. The summed E-state index contributed by atoms with van der Waals surface area (Å²) in [5, 5.41) is 0. The second-order valence-electron chi connectivity index (χ2n) is 17.9. The Bertz CT molecular complexity index is 2640. The predicted molar refractivity (Wildman–Crippen MR) is 252 cm³/mol. The first-order valence-corrected chi connectivity index (χ1v) is 20.3. The van der Waals surface area contributed by atoms with Crippen LogP contribution in [0.25, 0.3) is 34.4 Å². The predicted octanol–water partition coefficient (Wildman–Crippen LogP) is 10.0. The van der Waals surface area contributed by atoms with Gasteiger partial charge in [-0.3, -0.25) is 0 Å². The number of hydrogen-bond acceptors (Lipinski definition) is 1. The highest BCUT2D eigenvalue weighted by atomic mass is 15.2. The molecule has 7 aromatic rings. The molecule has 57 heavy (non-hydrogen) atoms. The van der Waals surface area contributed by atoms with Crippen LogP contribution in [0, 0.1) is 0 Å². The van der Waals surface area contributed by atoms with Gasteiger partial charge in [0.2, 0.25) is 13.4 Å². The lowest BCUT2D eigenvalue weighted by Crippen LogP contribution is -2.65. The van der Waals surface area contributed by atoms with Crippen molar-refractivity contribution in [3.8, 4) is 22.3 Å². The van der Waals surface area contributed by atoms with Crippen molar-refractivity contribution in [1.82, 2.24) is 0 Å². The zero-order valence-electron chi connectivity index (χ0n) is 34.1. The number of nitrogens with zero attached hydrogens (tertiary/aromatic N) is 1. The molecule has 1 nitrogen and oxygen atoms in total. The van der Waals surface area contributed by atoms with E-state index in [1.807, 2.05) is 12.2 Å². The normalized spacial score (nSPS) is 13.1. The van der Waals surface area contributed by atoms with Gasteiger partial charge in [-0.05, 0) is 89.3 Å². The Morgan fingerprint density at radius 2 is 0.860 bits per heavy atom. The molecular formula is C54H49B2N. The molecule has 0 spiro atoms. The lowest BCUT2D eigenvalue weighted by atomic mass is 9.30. The van der Waals surface area contributed by atoms with E-state index in [2.05, 4.69) is 211 Å². The van der Waals surface area contributed by atoms with Crippen molar-refractivity contribution in [2.45, 2.75) is 52.4 Å². The molecule has 2 heterocycles. The van der Waals surface area contributed by atoms with Gasteiger partial charge in [-0.25, -0.2) is 0 Å². The van der Waals surface area contributed by atoms with Crippen molar-refractivity contribution in [2.75, 3.05) is 4.90 Å². The molecule has 0 fully saturated rings. The molecular weight excluding hydrogens is 684 g/mol. The maximum atomic E-state index is 4.03. The van der Waals surface area contributed by atoms with Crippen LogP contribution in [0.3, 0.4) is 0 Å². The first kappa shape index (κ1) is 36.6. The Hall–Kier alpha value is -6.05. The topological polar surface area (TPSA) is 3.24 Å². The van der Waals surface area contributed by atoms with Crippen LogP contribution < -0.4 is 37.7 Å². The highest BCUT2D eigenvalue weighted by Crippen LogP contribution is 2.40. The van der Waals surface area contributed by atoms with Crippen LogP contribution in [0.1, 0.15) is 63.8 Å². The van der Waals surface area contributed by atoms with Crippen molar-refractivity contribution in [3.05, 3.63) is 187 Å². The van der Waals surface area contributed by atoms with Gasteiger partial charge >= 0.3 is 0 Å². The first-order chi connectivity index (χ1) is 27.4. The number of benzene rings is 7. The average Bonchev–Trinajstić information content (AvgIpc) is 3.23. The van der Waals surface area contributed by atoms with E-state index in [-0.39, 0.29) is 24.3 Å². The largest absolute Gasteiger partial charge is 0.313 e. The minimum atomic E-state index is 0.0257. The first-order valence-electron chi connectivity index (χ1n) is 20.3. The second kappa shape index (κ2) is 13.9. The monoisotopic (exact) mass is 733 g/mol. The van der Waals surface area contributed by atoms with E-state index in [9.17, 15) is 0 Å². The fourth-order valence-corrected chi connectivity index (χ4v) is 9.04. The molecule has 7 aromatic carbocycles. The number of para-hydroxylation sites is 1. The van der Waals surface area contributed by atoms with Gasteiger partial charge in [0.05, 0.1) is 0 Å². The van der Waals surface area contributed by atoms with E-state index < -0.39 is 0 Å². The summed E-state index contributed by atoms with van der Waals surface area (Å²) in [5.41, 5.74) is 21.6. The maximum absolute atomic E-state index is 4.03. The van der Waals surface area contributed by atoms with Gasteiger partial charge in [0.25, 0.3) is 0 Å². The molecule has 0 N–H and O–H groups in total. The molecule has 9 rings (SSSR count). The quantitative estimate of drug-likeness (QED) is 0.154. The molecule has 0 radical (unpaired) electrons. The number of anilines is 3. The minimum Gasteiger partial charge on any atom is -0.313 e. The molecule has 276 valence electrons. The molecule has 0 amide bonds. The maximum Gasteiger partial charge on any atom is 0.246 e. The summed E-state index contributed by atoms with van der Waals surface area (Å²) in [4.78, 5) is 2.58.